The molecular formula is C10H6F6O. The van der Waals surface area contributed by atoms with Crippen LogP contribution < -0.4 is 0 Å². The lowest BCUT2D eigenvalue weighted by Gasteiger charge is -2.13. The van der Waals surface area contributed by atoms with Crippen LogP contribution in [0.1, 0.15) is 34.8 Å². The van der Waals surface area contributed by atoms with Gasteiger partial charge in [-0.3, -0.25) is 4.79 Å². The first kappa shape index (κ1) is 13.5. The van der Waals surface area contributed by atoms with Crippen LogP contribution in [0.3, 0.4) is 0 Å². The van der Waals surface area contributed by atoms with Gasteiger partial charge in [0, 0.05) is 5.56 Å². The normalized spacial score (nSPS) is 12.0. The molecule has 1 rings (SSSR count). The number of carbonyl (C=O) groups excluding carboxylic acids is 1. The molecule has 0 aromatic heterocycles. The molecule has 0 spiro atoms. The highest BCUT2D eigenvalue weighted by atomic mass is 19.4. The van der Waals surface area contributed by atoms with Crippen molar-refractivity contribution in [2.24, 2.45) is 0 Å². The third-order valence-electron chi connectivity index (χ3n) is 2.06. The summed E-state index contributed by atoms with van der Waals surface area (Å²) in [6.07, 6.45) is -8.37. The summed E-state index contributed by atoms with van der Waals surface area (Å²) in [6, 6.07) is 0.156. The number of carbonyl (C=O) groups is 1. The lowest BCUT2D eigenvalue weighted by molar-refractivity contribution is -0.138. The van der Waals surface area contributed by atoms with E-state index in [-0.39, 0.29) is 12.1 Å². The van der Waals surface area contributed by atoms with Crippen molar-refractivity contribution >= 4 is 5.78 Å². The molecular weight excluding hydrogens is 250 g/mol. The van der Waals surface area contributed by atoms with E-state index in [2.05, 4.69) is 0 Å². The predicted octanol–water partition coefficient (Wildman–Crippen LogP) is 3.98. The molecule has 94 valence electrons. The smallest absolute Gasteiger partial charge is 0.294 e. The zero-order chi connectivity index (χ0) is 13.4. The van der Waals surface area contributed by atoms with Crippen LogP contribution in [0, 0.1) is 5.82 Å². The molecule has 0 fully saturated rings. The third kappa shape index (κ3) is 2.78. The largest absolute Gasteiger partial charge is 0.417 e. The standard InChI is InChI=1S/C10H6F6O/c1-4(17)5-3-8(11)6(9(12)13)2-7(5)10(14,15)16/h2-3,9H,1H3. The second-order valence-corrected chi connectivity index (χ2v) is 3.27. The number of halogens is 6. The minimum absolute atomic E-state index is 0.0310. The number of rotatable bonds is 2. The Morgan fingerprint density at radius 3 is 2.12 bits per heavy atom. The van der Waals surface area contributed by atoms with Crippen molar-refractivity contribution in [2.45, 2.75) is 19.5 Å². The highest BCUT2D eigenvalue weighted by Gasteiger charge is 2.36. The summed E-state index contributed by atoms with van der Waals surface area (Å²) in [4.78, 5) is 10.9. The van der Waals surface area contributed by atoms with Crippen molar-refractivity contribution in [1.82, 2.24) is 0 Å². The minimum Gasteiger partial charge on any atom is -0.294 e. The lowest BCUT2D eigenvalue weighted by atomic mass is 10.0. The van der Waals surface area contributed by atoms with Crippen LogP contribution in [-0.2, 0) is 6.18 Å². The zero-order valence-corrected chi connectivity index (χ0v) is 8.41. The van der Waals surface area contributed by atoms with Crippen molar-refractivity contribution in [3.63, 3.8) is 0 Å². The fraction of sp³-hybridized carbons (Fsp3) is 0.300. The van der Waals surface area contributed by atoms with Gasteiger partial charge in [0.05, 0.1) is 11.1 Å². The van der Waals surface area contributed by atoms with Crippen molar-refractivity contribution < 1.29 is 31.1 Å². The second kappa shape index (κ2) is 4.38. The van der Waals surface area contributed by atoms with Crippen LogP contribution in [0.2, 0.25) is 0 Å². The van der Waals surface area contributed by atoms with E-state index in [1.807, 2.05) is 0 Å². The fourth-order valence-electron chi connectivity index (χ4n) is 1.28. The molecule has 0 unspecified atom stereocenters. The van der Waals surface area contributed by atoms with Crippen LogP contribution in [-0.4, -0.2) is 5.78 Å². The first-order valence-electron chi connectivity index (χ1n) is 4.34. The summed E-state index contributed by atoms with van der Waals surface area (Å²) < 4.78 is 74.9. The number of benzene rings is 1. The summed E-state index contributed by atoms with van der Waals surface area (Å²) in [5.74, 6) is -2.57. The molecule has 0 heterocycles. The SMILES string of the molecule is CC(=O)c1cc(F)c(C(F)F)cc1C(F)(F)F. The van der Waals surface area contributed by atoms with Crippen molar-refractivity contribution in [3.05, 3.63) is 34.6 Å². The topological polar surface area (TPSA) is 17.1 Å². The molecule has 0 saturated heterocycles. The molecule has 1 nitrogen and oxygen atoms in total. The van der Waals surface area contributed by atoms with Gasteiger partial charge in [0.25, 0.3) is 6.43 Å². The van der Waals surface area contributed by atoms with E-state index in [1.165, 1.54) is 0 Å². The number of hydrogen-bond donors (Lipinski definition) is 0. The average molecular weight is 256 g/mol. The van der Waals surface area contributed by atoms with Gasteiger partial charge in [-0.15, -0.1) is 0 Å². The van der Waals surface area contributed by atoms with E-state index >= 15 is 0 Å². The Hall–Kier alpha value is -1.53. The highest BCUT2D eigenvalue weighted by molar-refractivity contribution is 5.95. The molecule has 0 bridgehead atoms. The quantitative estimate of drug-likeness (QED) is 0.577. The highest BCUT2D eigenvalue weighted by Crippen LogP contribution is 2.36. The monoisotopic (exact) mass is 256 g/mol. The molecule has 0 radical (unpaired) electrons. The Labute approximate surface area is 92.0 Å². The predicted molar refractivity (Wildman–Crippen MR) is 46.4 cm³/mol. The zero-order valence-electron chi connectivity index (χ0n) is 8.41. The van der Waals surface area contributed by atoms with E-state index in [1.54, 1.807) is 0 Å². The van der Waals surface area contributed by atoms with Crippen LogP contribution in [0.25, 0.3) is 0 Å². The van der Waals surface area contributed by atoms with Crippen LogP contribution in [0.4, 0.5) is 26.3 Å². The average Bonchev–Trinajstić information content (AvgIpc) is 2.14. The molecule has 1 aromatic rings. The van der Waals surface area contributed by atoms with E-state index in [0.717, 1.165) is 6.92 Å². The van der Waals surface area contributed by atoms with Crippen LogP contribution >= 0.6 is 0 Å². The Balaban J connectivity index is 3.54. The molecule has 0 aliphatic heterocycles. The molecule has 0 N–H and O–H groups in total. The molecule has 0 amide bonds. The molecule has 1 aromatic carbocycles. The minimum atomic E-state index is -4.99. The van der Waals surface area contributed by atoms with E-state index in [0.29, 0.717) is 0 Å². The summed E-state index contributed by atoms with van der Waals surface area (Å²) >= 11 is 0. The Morgan fingerprint density at radius 2 is 1.76 bits per heavy atom. The van der Waals surface area contributed by atoms with E-state index in [4.69, 9.17) is 0 Å². The maximum atomic E-state index is 13.0. The van der Waals surface area contributed by atoms with Crippen molar-refractivity contribution in [1.29, 1.82) is 0 Å². The van der Waals surface area contributed by atoms with Gasteiger partial charge in [-0.05, 0) is 19.1 Å². The van der Waals surface area contributed by atoms with Gasteiger partial charge in [-0.25, -0.2) is 13.2 Å². The van der Waals surface area contributed by atoms with Gasteiger partial charge in [-0.2, -0.15) is 13.2 Å². The molecule has 0 atom stereocenters. The number of alkyl halides is 5. The number of hydrogen-bond acceptors (Lipinski definition) is 1. The molecule has 0 aliphatic rings. The van der Waals surface area contributed by atoms with Gasteiger partial charge in [0.15, 0.2) is 5.78 Å². The maximum absolute atomic E-state index is 13.0. The molecule has 0 aliphatic carbocycles. The van der Waals surface area contributed by atoms with Crippen LogP contribution in [0.5, 0.6) is 0 Å². The lowest BCUT2D eigenvalue weighted by Crippen LogP contribution is -2.13. The Morgan fingerprint density at radius 1 is 1.24 bits per heavy atom. The first-order chi connectivity index (χ1) is 7.64. The van der Waals surface area contributed by atoms with Gasteiger partial charge in [-0.1, -0.05) is 0 Å². The Kier molecular flexibility index (Phi) is 3.49. The van der Waals surface area contributed by atoms with E-state index < -0.39 is 40.9 Å². The Bertz CT molecular complexity index is 449. The fourth-order valence-corrected chi connectivity index (χ4v) is 1.28. The van der Waals surface area contributed by atoms with Gasteiger partial charge in [0.1, 0.15) is 5.82 Å². The molecule has 0 saturated carbocycles. The first-order valence-corrected chi connectivity index (χ1v) is 4.34. The van der Waals surface area contributed by atoms with Gasteiger partial charge >= 0.3 is 6.18 Å². The van der Waals surface area contributed by atoms with Crippen molar-refractivity contribution in [2.75, 3.05) is 0 Å². The summed E-state index contributed by atoms with van der Waals surface area (Å²) in [5.41, 5.74) is -3.89. The number of ketones is 1. The van der Waals surface area contributed by atoms with Crippen molar-refractivity contribution in [3.8, 4) is 0 Å². The van der Waals surface area contributed by atoms with Gasteiger partial charge < -0.3 is 0 Å². The van der Waals surface area contributed by atoms with Gasteiger partial charge in [0.2, 0.25) is 0 Å². The second-order valence-electron chi connectivity index (χ2n) is 3.27. The summed E-state index contributed by atoms with van der Waals surface area (Å²) in [6.45, 7) is 0.798. The maximum Gasteiger partial charge on any atom is 0.417 e. The summed E-state index contributed by atoms with van der Waals surface area (Å²) in [5, 5.41) is 0. The molecule has 7 heteroatoms. The number of Topliss-reactive ketones (excluding diaryl/α,β-unsaturated/α-hetero) is 1. The third-order valence-corrected chi connectivity index (χ3v) is 2.06. The van der Waals surface area contributed by atoms with E-state index in [9.17, 15) is 31.1 Å². The van der Waals surface area contributed by atoms with Crippen LogP contribution in [0.15, 0.2) is 12.1 Å². The summed E-state index contributed by atoms with van der Waals surface area (Å²) in [7, 11) is 0. The molecule has 17 heavy (non-hydrogen) atoms.